The fourth-order valence-electron chi connectivity index (χ4n) is 4.66. The molecule has 3 N–H and O–H groups in total. The van der Waals surface area contributed by atoms with Crippen LogP contribution >= 0.6 is 11.6 Å². The SMILES string of the molecule is C[N+]1(NC(=O)c2ccc([O-])c(O)c2)CCC(C2=Nc3cc(Cl)ccc3Nc3ccccc32)CC1. The van der Waals surface area contributed by atoms with Crippen molar-refractivity contribution < 1.29 is 19.6 Å². The van der Waals surface area contributed by atoms with Gasteiger partial charge in [0.1, 0.15) is 18.8 Å². The number of carbonyl (C=O) groups excluding carboxylic acids is 1. The highest BCUT2D eigenvalue weighted by atomic mass is 35.5. The first-order valence-electron chi connectivity index (χ1n) is 11.2. The number of phenolic OH excluding ortho intramolecular Hbond substituents is 1. The zero-order valence-electron chi connectivity index (χ0n) is 18.7. The number of aliphatic imine (C=N–C) groups is 1. The van der Waals surface area contributed by atoms with Crippen LogP contribution in [0.3, 0.4) is 0 Å². The molecule has 3 aromatic rings. The first-order chi connectivity index (χ1) is 16.3. The molecule has 1 fully saturated rings. The van der Waals surface area contributed by atoms with E-state index in [4.69, 9.17) is 16.6 Å². The summed E-state index contributed by atoms with van der Waals surface area (Å²) in [6.45, 7) is 1.44. The van der Waals surface area contributed by atoms with Gasteiger partial charge in [0, 0.05) is 40.6 Å². The Morgan fingerprint density at radius 3 is 2.65 bits per heavy atom. The molecule has 0 spiro atoms. The van der Waals surface area contributed by atoms with Crippen LogP contribution in [-0.4, -0.2) is 41.5 Å². The second-order valence-electron chi connectivity index (χ2n) is 9.07. The highest BCUT2D eigenvalue weighted by Gasteiger charge is 2.36. The van der Waals surface area contributed by atoms with Crippen molar-refractivity contribution in [3.05, 3.63) is 76.8 Å². The van der Waals surface area contributed by atoms with Gasteiger partial charge >= 0.3 is 0 Å². The van der Waals surface area contributed by atoms with E-state index in [1.165, 1.54) is 18.2 Å². The van der Waals surface area contributed by atoms with Crippen molar-refractivity contribution >= 4 is 40.3 Å². The topological polar surface area (TPSA) is 96.8 Å². The molecule has 34 heavy (non-hydrogen) atoms. The number of halogens is 1. The van der Waals surface area contributed by atoms with Gasteiger partial charge in [-0.25, -0.2) is 4.59 Å². The van der Waals surface area contributed by atoms with Crippen molar-refractivity contribution in [1.29, 1.82) is 0 Å². The van der Waals surface area contributed by atoms with Gasteiger partial charge in [0.25, 0.3) is 5.91 Å². The van der Waals surface area contributed by atoms with Gasteiger partial charge in [-0.1, -0.05) is 41.6 Å². The Bertz CT molecular complexity index is 1300. The van der Waals surface area contributed by atoms with Gasteiger partial charge in [-0.2, -0.15) is 5.43 Å². The summed E-state index contributed by atoms with van der Waals surface area (Å²) in [4.78, 5) is 17.8. The molecule has 2 aliphatic heterocycles. The number of carbonyl (C=O) groups is 1. The summed E-state index contributed by atoms with van der Waals surface area (Å²) in [6, 6.07) is 17.7. The molecule has 0 aliphatic carbocycles. The van der Waals surface area contributed by atoms with E-state index in [1.54, 1.807) is 0 Å². The highest BCUT2D eigenvalue weighted by Crippen LogP contribution is 2.39. The summed E-state index contributed by atoms with van der Waals surface area (Å²) >= 11 is 6.26. The standard InChI is InChI=1S/C26H25ClN4O3/c1-31(30-26(34)17-6-9-23(32)24(33)14-17)12-10-16(11-13-31)25-19-4-2-3-5-20(19)28-21-8-7-18(27)15-22(21)29-25/h2-9,14-16H,10-13H2,1H3,(H3-,28,29,30,32,33,34). The quantitative estimate of drug-likeness (QED) is 0.485. The number of piperidine rings is 1. The van der Waals surface area contributed by atoms with Crippen LogP contribution in [0.2, 0.25) is 5.02 Å². The van der Waals surface area contributed by atoms with Crippen LogP contribution in [0.25, 0.3) is 0 Å². The van der Waals surface area contributed by atoms with E-state index in [1.807, 2.05) is 37.4 Å². The predicted molar refractivity (Wildman–Crippen MR) is 131 cm³/mol. The Balaban J connectivity index is 1.37. The van der Waals surface area contributed by atoms with Crippen molar-refractivity contribution in [1.82, 2.24) is 5.43 Å². The molecule has 3 aromatic carbocycles. The van der Waals surface area contributed by atoms with E-state index in [-0.39, 0.29) is 17.4 Å². The normalized spacial score (nSPS) is 21.4. The number of aromatic hydroxyl groups is 1. The van der Waals surface area contributed by atoms with Gasteiger partial charge in [0.05, 0.1) is 24.1 Å². The second-order valence-corrected chi connectivity index (χ2v) is 9.51. The summed E-state index contributed by atoms with van der Waals surface area (Å²) in [5.41, 5.74) is 8.17. The van der Waals surface area contributed by atoms with Gasteiger partial charge in [-0.15, -0.1) is 0 Å². The van der Waals surface area contributed by atoms with Crippen molar-refractivity contribution in [3.63, 3.8) is 0 Å². The summed E-state index contributed by atoms with van der Waals surface area (Å²) < 4.78 is 0.366. The number of hydrogen-bond acceptors (Lipinski definition) is 5. The minimum absolute atomic E-state index is 0.222. The molecule has 2 aliphatic rings. The van der Waals surface area contributed by atoms with E-state index >= 15 is 0 Å². The van der Waals surface area contributed by atoms with Crippen molar-refractivity contribution in [3.8, 4) is 11.5 Å². The first kappa shape index (κ1) is 22.3. The number of hydrogen-bond donors (Lipinski definition) is 3. The maximum absolute atomic E-state index is 12.8. The number of likely N-dealkylation sites (tertiary alicyclic amines) is 1. The van der Waals surface area contributed by atoms with E-state index in [9.17, 15) is 15.0 Å². The molecule has 0 saturated carbocycles. The van der Waals surface area contributed by atoms with Gasteiger partial charge in [-0.3, -0.25) is 9.79 Å². The van der Waals surface area contributed by atoms with E-state index in [0.717, 1.165) is 54.3 Å². The van der Waals surface area contributed by atoms with Crippen molar-refractivity contribution in [2.75, 3.05) is 25.5 Å². The smallest absolute Gasteiger partial charge is 0.296 e. The molecule has 0 unspecified atom stereocenters. The van der Waals surface area contributed by atoms with Crippen LogP contribution in [0.15, 0.2) is 65.7 Å². The summed E-state index contributed by atoms with van der Waals surface area (Å²) in [5, 5.41) is 25.2. The molecule has 0 bridgehead atoms. The maximum atomic E-state index is 12.8. The third-order valence-electron chi connectivity index (χ3n) is 6.59. The molecular weight excluding hydrogens is 452 g/mol. The third-order valence-corrected chi connectivity index (χ3v) is 6.83. The second kappa shape index (κ2) is 8.66. The molecule has 2 heterocycles. The van der Waals surface area contributed by atoms with Crippen LogP contribution in [0.5, 0.6) is 11.5 Å². The summed E-state index contributed by atoms with van der Waals surface area (Å²) in [6.07, 6.45) is 1.68. The van der Waals surface area contributed by atoms with E-state index in [2.05, 4.69) is 22.9 Å². The zero-order valence-corrected chi connectivity index (χ0v) is 19.5. The lowest BCUT2D eigenvalue weighted by molar-refractivity contribution is -0.947. The number of fused-ring (bicyclic) bond motifs is 2. The minimum atomic E-state index is -0.500. The van der Waals surface area contributed by atoms with Crippen LogP contribution < -0.4 is 15.8 Å². The number of benzene rings is 3. The molecule has 0 aromatic heterocycles. The number of anilines is 2. The maximum Gasteiger partial charge on any atom is 0.296 e. The van der Waals surface area contributed by atoms with Gasteiger partial charge < -0.3 is 15.5 Å². The predicted octanol–water partition coefficient (Wildman–Crippen LogP) is 4.50. The number of para-hydroxylation sites is 1. The molecule has 8 heteroatoms. The van der Waals surface area contributed by atoms with Gasteiger partial charge in [0.2, 0.25) is 0 Å². The molecule has 1 amide bonds. The lowest BCUT2D eigenvalue weighted by Gasteiger charge is -2.39. The minimum Gasteiger partial charge on any atom is -0.870 e. The number of nitrogens with one attached hydrogen (secondary N) is 2. The fraction of sp³-hybridized carbons (Fsp3) is 0.231. The third kappa shape index (κ3) is 4.32. The highest BCUT2D eigenvalue weighted by molar-refractivity contribution is 6.31. The molecule has 5 rings (SSSR count). The average Bonchev–Trinajstić information content (AvgIpc) is 2.97. The average molecular weight is 477 g/mol. The lowest BCUT2D eigenvalue weighted by atomic mass is 9.87. The Hall–Kier alpha value is -3.55. The number of rotatable bonds is 3. The molecule has 0 radical (unpaired) electrons. The summed E-state index contributed by atoms with van der Waals surface area (Å²) in [7, 11) is 1.98. The van der Waals surface area contributed by atoms with Crippen molar-refractivity contribution in [2.45, 2.75) is 12.8 Å². The Morgan fingerprint density at radius 2 is 1.88 bits per heavy atom. The largest absolute Gasteiger partial charge is 0.870 e. The Morgan fingerprint density at radius 1 is 1.12 bits per heavy atom. The molecule has 1 saturated heterocycles. The Labute approximate surface area is 202 Å². The van der Waals surface area contributed by atoms with Gasteiger partial charge in [0.15, 0.2) is 0 Å². The van der Waals surface area contributed by atoms with Crippen LogP contribution in [0.1, 0.15) is 28.8 Å². The Kier molecular flexibility index (Phi) is 5.67. The molecular formula is C26H25ClN4O3. The fourth-order valence-corrected chi connectivity index (χ4v) is 4.82. The molecule has 7 nitrogen and oxygen atoms in total. The summed E-state index contributed by atoms with van der Waals surface area (Å²) in [5.74, 6) is -1.02. The van der Waals surface area contributed by atoms with Gasteiger partial charge in [-0.05, 0) is 36.4 Å². The number of nitrogens with zero attached hydrogens (tertiary/aromatic N) is 2. The van der Waals surface area contributed by atoms with Crippen LogP contribution in [0, 0.1) is 5.92 Å². The van der Waals surface area contributed by atoms with E-state index in [0.29, 0.717) is 9.61 Å². The van der Waals surface area contributed by atoms with Crippen molar-refractivity contribution in [2.24, 2.45) is 10.9 Å². The number of amides is 1. The number of phenols is 1. The monoisotopic (exact) mass is 476 g/mol. The zero-order chi connectivity index (χ0) is 23.9. The number of quaternary nitrogens is 1. The molecule has 0 atom stereocenters. The first-order valence-corrected chi connectivity index (χ1v) is 11.6. The van der Waals surface area contributed by atoms with E-state index < -0.39 is 11.5 Å². The lowest BCUT2D eigenvalue weighted by Crippen LogP contribution is -2.61. The van der Waals surface area contributed by atoms with Crippen LogP contribution in [0.4, 0.5) is 17.1 Å². The molecule has 174 valence electrons. The van der Waals surface area contributed by atoms with Crippen LogP contribution in [-0.2, 0) is 0 Å².